The molecule has 0 aromatic heterocycles. The van der Waals surface area contributed by atoms with Crippen LogP contribution in [0.15, 0.2) is 0 Å². The normalized spacial score (nSPS) is 16.2. The number of hydrogen-bond acceptors (Lipinski definition) is 15. The van der Waals surface area contributed by atoms with Gasteiger partial charge in [-0.25, -0.2) is 15.0 Å². The van der Waals surface area contributed by atoms with Crippen molar-refractivity contribution in [3.63, 3.8) is 0 Å². The van der Waals surface area contributed by atoms with Gasteiger partial charge in [0, 0.05) is 13.0 Å². The average molecular weight is 963 g/mol. The molecule has 0 aromatic rings. The van der Waals surface area contributed by atoms with Gasteiger partial charge in [-0.1, -0.05) is 0 Å². The summed E-state index contributed by atoms with van der Waals surface area (Å²) in [5.41, 5.74) is 14.1. The third kappa shape index (κ3) is 20.5. The number of nitrogens with zero attached hydrogens (tertiary/aromatic N) is 1. The lowest BCUT2D eigenvalue weighted by Crippen LogP contribution is -2.78. The van der Waals surface area contributed by atoms with Crippen LogP contribution in [-0.2, 0) is 63.0 Å². The molecule has 1 rings (SSSR count). The average Bonchev–Trinajstić information content (AvgIpc) is 3.80. The molecule has 10 amide bonds. The Morgan fingerprint density at radius 2 is 1.09 bits per heavy atom. The zero-order valence-corrected chi connectivity index (χ0v) is 36.6. The molecule has 1 fully saturated rings. The van der Waals surface area contributed by atoms with Crippen LogP contribution >= 0.6 is 0 Å². The van der Waals surface area contributed by atoms with E-state index in [-0.39, 0.29) is 44.9 Å². The van der Waals surface area contributed by atoms with Crippen molar-refractivity contribution in [1.82, 2.24) is 52.8 Å². The molecule has 31 nitrogen and oxygen atoms in total. The molecule has 376 valence electrons. The maximum atomic E-state index is 13.3. The van der Waals surface area contributed by atoms with E-state index in [1.54, 1.807) is 0 Å². The van der Waals surface area contributed by atoms with Gasteiger partial charge in [0.15, 0.2) is 6.54 Å². The fraction of sp³-hybridized carbons (Fsp3) is 0.667. The molecule has 1 aliphatic rings. The van der Waals surface area contributed by atoms with E-state index in [0.717, 1.165) is 11.8 Å². The number of nitrogens with two attached hydrogens (primary N) is 2. The van der Waals surface area contributed by atoms with Gasteiger partial charge < -0.3 is 78.9 Å². The number of aliphatic hydroxyl groups excluding tert-OH is 4. The SMILES string of the molecule is C[C@H](NC(=O)C1CCCN1C(=O)[C@H](CO)NC(=O)[C@@H](CC[O])NC(=O)CNC(=O)[C@@H](CCC[NH+]=C(N)N)NC(=O)CNC(=O)[C@@H](CO)NC(=O)[C@H](CO)NC(=O)[C@@H](CO)NC(=O)C[NH3+])C([O])=O. The van der Waals surface area contributed by atoms with E-state index in [2.05, 4.69) is 58.6 Å². The van der Waals surface area contributed by atoms with Gasteiger partial charge >= 0.3 is 11.9 Å². The second-order valence-electron chi connectivity index (χ2n) is 14.7. The summed E-state index contributed by atoms with van der Waals surface area (Å²) in [5.74, 6) is -11.6. The van der Waals surface area contributed by atoms with Crippen LogP contribution in [0.25, 0.3) is 0 Å². The van der Waals surface area contributed by atoms with E-state index in [4.69, 9.17) is 11.5 Å². The Morgan fingerprint density at radius 3 is 1.57 bits per heavy atom. The monoisotopic (exact) mass is 962 g/mol. The maximum absolute atomic E-state index is 13.3. The zero-order chi connectivity index (χ0) is 50.8. The molecule has 1 aliphatic heterocycles. The van der Waals surface area contributed by atoms with Crippen LogP contribution in [0, 0.1) is 0 Å². The number of quaternary nitrogens is 1. The van der Waals surface area contributed by atoms with Crippen molar-refractivity contribution in [2.45, 2.75) is 87.4 Å². The van der Waals surface area contributed by atoms with Gasteiger partial charge in [-0.05, 0) is 32.6 Å². The number of rotatable bonds is 30. The third-order valence-electron chi connectivity index (χ3n) is 9.60. The molecule has 0 saturated carbocycles. The predicted molar refractivity (Wildman–Crippen MR) is 220 cm³/mol. The van der Waals surface area contributed by atoms with Crippen molar-refractivity contribution in [3.05, 3.63) is 0 Å². The molecule has 0 aromatic carbocycles. The molecule has 1 heterocycles. The fourth-order valence-electron chi connectivity index (χ4n) is 5.99. The Balaban J connectivity index is 2.94. The molecule has 2 radical (unpaired) electrons. The van der Waals surface area contributed by atoms with Crippen LogP contribution < -0.4 is 70.0 Å². The molecule has 1 saturated heterocycles. The minimum absolute atomic E-state index is 0.0201. The van der Waals surface area contributed by atoms with Gasteiger partial charge in [0.05, 0.1) is 52.7 Å². The minimum atomic E-state index is -1.75. The number of guanidine groups is 1. The molecule has 0 bridgehead atoms. The Morgan fingerprint density at radius 1 is 0.642 bits per heavy atom. The van der Waals surface area contributed by atoms with Crippen LogP contribution in [0.4, 0.5) is 0 Å². The molecule has 21 N–H and O–H groups in total. The highest BCUT2D eigenvalue weighted by Gasteiger charge is 2.39. The van der Waals surface area contributed by atoms with Gasteiger partial charge in [-0.2, -0.15) is 0 Å². The minimum Gasteiger partial charge on any atom is -0.394 e. The van der Waals surface area contributed by atoms with Crippen LogP contribution in [-0.4, -0.2) is 210 Å². The summed E-state index contributed by atoms with van der Waals surface area (Å²) < 4.78 is 0. The Bertz CT molecular complexity index is 1780. The van der Waals surface area contributed by atoms with E-state index in [1.807, 2.05) is 0 Å². The topological polar surface area (TPSA) is 514 Å². The van der Waals surface area contributed by atoms with Crippen molar-refractivity contribution in [1.29, 1.82) is 0 Å². The summed E-state index contributed by atoms with van der Waals surface area (Å²) in [4.78, 5) is 142. The van der Waals surface area contributed by atoms with Gasteiger partial charge in [0.2, 0.25) is 53.2 Å². The highest BCUT2D eigenvalue weighted by molar-refractivity contribution is 5.98. The first-order valence-electron chi connectivity index (χ1n) is 20.8. The molecular formula is C36H62N14O17+2. The first-order chi connectivity index (χ1) is 31.7. The summed E-state index contributed by atoms with van der Waals surface area (Å²) in [6.07, 6.45) is -0.0360. The Kier molecular flexibility index (Phi) is 26.4. The van der Waals surface area contributed by atoms with Crippen molar-refractivity contribution in [3.8, 4) is 0 Å². The summed E-state index contributed by atoms with van der Waals surface area (Å²) in [7, 11) is 0. The lowest BCUT2D eigenvalue weighted by Gasteiger charge is -2.29. The van der Waals surface area contributed by atoms with E-state index < -0.39 is 166 Å². The van der Waals surface area contributed by atoms with Crippen LogP contribution in [0.1, 0.15) is 39.0 Å². The predicted octanol–water partition coefficient (Wildman–Crippen LogP) is -14.3. The fourth-order valence-corrected chi connectivity index (χ4v) is 5.99. The van der Waals surface area contributed by atoms with Crippen molar-refractivity contribution in [2.24, 2.45) is 11.5 Å². The summed E-state index contributed by atoms with van der Waals surface area (Å²) in [5, 5.41) is 81.0. The Hall–Kier alpha value is -6.80. The quantitative estimate of drug-likeness (QED) is 0.0181. The summed E-state index contributed by atoms with van der Waals surface area (Å²) in [6, 6.07) is -12.2. The van der Waals surface area contributed by atoms with Gasteiger partial charge in [-0.15, -0.1) is 0 Å². The second-order valence-corrected chi connectivity index (χ2v) is 14.7. The lowest BCUT2D eigenvalue weighted by molar-refractivity contribution is -0.459. The van der Waals surface area contributed by atoms with Crippen molar-refractivity contribution >= 4 is 71.0 Å². The Labute approximate surface area is 382 Å². The number of amides is 10. The van der Waals surface area contributed by atoms with Crippen LogP contribution in [0.3, 0.4) is 0 Å². The van der Waals surface area contributed by atoms with Gasteiger partial charge in [0.1, 0.15) is 48.3 Å². The molecule has 0 aliphatic carbocycles. The third-order valence-corrected chi connectivity index (χ3v) is 9.60. The van der Waals surface area contributed by atoms with E-state index in [0.29, 0.717) is 6.42 Å². The van der Waals surface area contributed by atoms with Gasteiger partial charge in [0.25, 0.3) is 5.91 Å². The summed E-state index contributed by atoms with van der Waals surface area (Å²) in [6.45, 7) is -5.51. The summed E-state index contributed by atoms with van der Waals surface area (Å²) >= 11 is 0. The maximum Gasteiger partial charge on any atom is 0.377 e. The number of carbonyl (C=O) groups is 11. The van der Waals surface area contributed by atoms with E-state index in [1.165, 1.54) is 0 Å². The molecule has 0 spiro atoms. The largest absolute Gasteiger partial charge is 0.394 e. The standard InChI is InChI=1S/C36H60N14O17/c1-17(35(66)67)43-33(64)24-5-3-8-50(24)34(65)23(16-55)49-30(61)19(6-9-51)45-27(58)11-41-28(59)18(4-2-7-40-36(38)39)44-26(57)12-42-29(60)20(13-52)47-32(63)22(15-54)48-31(62)21(14-53)46-25(56)10-37/h17-24,52-55H,2-16,37H2,1H3,(H,41,59)(H,42,60)(H,43,64)(H,44,57)(H,45,58)(H,46,56)(H,47,63)(H,48,62)(H,49,61)(H4,38,39,40)/p+2/t17-,18+,19+,20+,21+,22-,23-,24?/m0/s1. The molecule has 67 heavy (non-hydrogen) atoms. The van der Waals surface area contributed by atoms with E-state index >= 15 is 0 Å². The number of hydrogen-bond donors (Lipinski definition) is 17. The first kappa shape index (κ1) is 58.2. The highest BCUT2D eigenvalue weighted by Crippen LogP contribution is 2.19. The number of aliphatic hydroxyl groups is 4. The number of nitrogens with one attached hydrogen (secondary N) is 10. The van der Waals surface area contributed by atoms with E-state index in [9.17, 15) is 83.4 Å². The second kappa shape index (κ2) is 30.4. The highest BCUT2D eigenvalue weighted by atomic mass is 16.4. The molecule has 1 unspecified atom stereocenters. The van der Waals surface area contributed by atoms with Crippen molar-refractivity contribution in [2.75, 3.05) is 65.8 Å². The zero-order valence-electron chi connectivity index (χ0n) is 36.6. The first-order valence-corrected chi connectivity index (χ1v) is 20.8. The van der Waals surface area contributed by atoms with Crippen LogP contribution in [0.5, 0.6) is 0 Å². The lowest BCUT2D eigenvalue weighted by atomic mass is 10.1. The molecule has 31 heteroatoms. The molecule has 8 atom stereocenters. The van der Waals surface area contributed by atoms with Crippen LogP contribution in [0.2, 0.25) is 0 Å². The van der Waals surface area contributed by atoms with Crippen molar-refractivity contribution < 1.29 is 94.1 Å². The molecular weight excluding hydrogens is 900 g/mol. The number of likely N-dealkylation sites (tertiary alicyclic amines) is 1. The number of carbonyl (C=O) groups excluding carboxylic acids is 11. The van der Waals surface area contributed by atoms with Gasteiger partial charge in [-0.3, -0.25) is 64.4 Å². The smallest absolute Gasteiger partial charge is 0.377 e.